The van der Waals surface area contributed by atoms with Gasteiger partial charge in [0.2, 0.25) is 5.82 Å². The highest BCUT2D eigenvalue weighted by Gasteiger charge is 2.22. The number of pyridine rings is 1. The van der Waals surface area contributed by atoms with Gasteiger partial charge >= 0.3 is 0 Å². The number of aromatic nitrogens is 3. The van der Waals surface area contributed by atoms with Gasteiger partial charge in [-0.1, -0.05) is 0 Å². The second-order valence-electron chi connectivity index (χ2n) is 5.50. The van der Waals surface area contributed by atoms with Crippen molar-refractivity contribution in [2.24, 2.45) is 0 Å². The van der Waals surface area contributed by atoms with Crippen molar-refractivity contribution in [1.82, 2.24) is 14.5 Å². The molecule has 0 saturated heterocycles. The maximum Gasteiger partial charge on any atom is 0.213 e. The summed E-state index contributed by atoms with van der Waals surface area (Å²) in [7, 11) is 0. The number of carbonyl (C=O) groups is 1. The van der Waals surface area contributed by atoms with Crippen LogP contribution in [0.25, 0.3) is 11.0 Å². The van der Waals surface area contributed by atoms with Crippen molar-refractivity contribution < 1.29 is 9.18 Å². The summed E-state index contributed by atoms with van der Waals surface area (Å²) in [5.74, 6) is 1.09. The number of alkyl halides is 1. The first-order chi connectivity index (χ1) is 11.1. The minimum atomic E-state index is -0.581. The molecule has 1 N–H and O–H groups in total. The average molecular weight is 380 g/mol. The molecule has 3 rings (SSSR count). The van der Waals surface area contributed by atoms with Gasteiger partial charge in [0.1, 0.15) is 29.9 Å². The normalized spacial score (nSPS) is 15.8. The smallest absolute Gasteiger partial charge is 0.213 e. The Morgan fingerprint density at radius 1 is 1.48 bits per heavy atom. The molecule has 6 nitrogen and oxygen atoms in total. The standard InChI is InChI=1S/C15H15BrFN5O/c16-13-14-11(21-12(7-18)22(14)6-5-17)8-19-15(13)20-9-1-3-10(23)4-2-9/h8-9H,1-6H2,(H,19,20). The van der Waals surface area contributed by atoms with Crippen LogP contribution >= 0.6 is 15.9 Å². The number of rotatable bonds is 4. The van der Waals surface area contributed by atoms with Gasteiger partial charge in [0.05, 0.1) is 22.7 Å². The first kappa shape index (κ1) is 15.9. The summed E-state index contributed by atoms with van der Waals surface area (Å²) in [5, 5.41) is 12.5. The quantitative estimate of drug-likeness (QED) is 0.882. The molecule has 8 heteroatoms. The van der Waals surface area contributed by atoms with Crippen LogP contribution in [0.1, 0.15) is 31.5 Å². The van der Waals surface area contributed by atoms with Gasteiger partial charge in [-0.25, -0.2) is 14.4 Å². The van der Waals surface area contributed by atoms with Gasteiger partial charge in [-0.2, -0.15) is 5.26 Å². The number of nitrogens with one attached hydrogen (secondary N) is 1. The van der Waals surface area contributed by atoms with Gasteiger partial charge < -0.3 is 9.88 Å². The number of aryl methyl sites for hydroxylation is 1. The molecule has 1 aliphatic rings. The molecule has 0 aromatic carbocycles. The fourth-order valence-electron chi connectivity index (χ4n) is 2.85. The Labute approximate surface area is 140 Å². The fourth-order valence-corrected chi connectivity index (χ4v) is 3.49. The van der Waals surface area contributed by atoms with Gasteiger partial charge in [0, 0.05) is 18.9 Å². The van der Waals surface area contributed by atoms with E-state index in [2.05, 4.69) is 31.2 Å². The number of ketones is 1. The number of imidazole rings is 1. The topological polar surface area (TPSA) is 83.6 Å². The number of hydrogen-bond acceptors (Lipinski definition) is 5. The fraction of sp³-hybridized carbons (Fsp3) is 0.467. The highest BCUT2D eigenvalue weighted by molar-refractivity contribution is 9.10. The van der Waals surface area contributed by atoms with E-state index < -0.39 is 6.67 Å². The summed E-state index contributed by atoms with van der Waals surface area (Å²) >= 11 is 3.50. The van der Waals surface area contributed by atoms with Crippen LogP contribution in [-0.4, -0.2) is 33.0 Å². The third-order valence-corrected chi connectivity index (χ3v) is 4.77. The summed E-state index contributed by atoms with van der Waals surface area (Å²) in [6.45, 7) is -0.512. The Bertz CT molecular complexity index is 787. The first-order valence-electron chi connectivity index (χ1n) is 7.43. The van der Waals surface area contributed by atoms with Crippen LogP contribution in [0.3, 0.4) is 0 Å². The second kappa shape index (κ2) is 6.62. The van der Waals surface area contributed by atoms with Crippen molar-refractivity contribution in [2.75, 3.05) is 12.0 Å². The van der Waals surface area contributed by atoms with Crippen molar-refractivity contribution in [2.45, 2.75) is 38.3 Å². The Balaban J connectivity index is 1.96. The zero-order valence-corrected chi connectivity index (χ0v) is 13.9. The zero-order valence-electron chi connectivity index (χ0n) is 12.4. The highest BCUT2D eigenvalue weighted by atomic mass is 79.9. The number of anilines is 1. The molecule has 0 bridgehead atoms. The molecule has 0 radical (unpaired) electrons. The van der Waals surface area contributed by atoms with Crippen LogP contribution in [0.15, 0.2) is 10.7 Å². The number of carbonyl (C=O) groups excluding carboxylic acids is 1. The number of hydrogen-bond donors (Lipinski definition) is 1. The van der Waals surface area contributed by atoms with Crippen LogP contribution in [-0.2, 0) is 11.3 Å². The van der Waals surface area contributed by atoms with E-state index in [4.69, 9.17) is 5.26 Å². The first-order valence-corrected chi connectivity index (χ1v) is 8.22. The van der Waals surface area contributed by atoms with Crippen LogP contribution in [0.2, 0.25) is 0 Å². The molecule has 2 aromatic rings. The van der Waals surface area contributed by atoms with Crippen molar-refractivity contribution in [3.63, 3.8) is 0 Å². The van der Waals surface area contributed by atoms with E-state index in [1.165, 1.54) is 0 Å². The molecule has 2 heterocycles. The highest BCUT2D eigenvalue weighted by Crippen LogP contribution is 2.32. The molecule has 0 unspecified atom stereocenters. The predicted octanol–water partition coefficient (Wildman–Crippen LogP) is 2.96. The summed E-state index contributed by atoms with van der Waals surface area (Å²) < 4.78 is 15.0. The molecule has 0 spiro atoms. The zero-order chi connectivity index (χ0) is 16.4. The lowest BCUT2D eigenvalue weighted by molar-refractivity contribution is -0.120. The van der Waals surface area contributed by atoms with Crippen molar-refractivity contribution >= 4 is 38.6 Å². The van der Waals surface area contributed by atoms with E-state index in [9.17, 15) is 9.18 Å². The molecule has 0 aliphatic heterocycles. The monoisotopic (exact) mass is 379 g/mol. The lowest BCUT2D eigenvalue weighted by Gasteiger charge is -2.23. The summed E-state index contributed by atoms with van der Waals surface area (Å²) in [4.78, 5) is 19.9. The maximum absolute atomic E-state index is 12.8. The number of Topliss-reactive ketones (excluding diaryl/α,β-unsaturated/α-hetero) is 1. The molecular formula is C15H15BrFN5O. The molecule has 23 heavy (non-hydrogen) atoms. The van der Waals surface area contributed by atoms with Gasteiger partial charge in [0.25, 0.3) is 0 Å². The Hall–Kier alpha value is -2.01. The van der Waals surface area contributed by atoms with Crippen LogP contribution in [0, 0.1) is 11.3 Å². The van der Waals surface area contributed by atoms with E-state index in [0.29, 0.717) is 39.9 Å². The number of fused-ring (bicyclic) bond motifs is 1. The Morgan fingerprint density at radius 3 is 2.87 bits per heavy atom. The molecule has 2 aromatic heterocycles. The summed E-state index contributed by atoms with van der Waals surface area (Å²) in [5.41, 5.74) is 1.20. The Morgan fingerprint density at radius 2 is 2.22 bits per heavy atom. The van der Waals surface area contributed by atoms with Crippen LogP contribution in [0.4, 0.5) is 10.2 Å². The predicted molar refractivity (Wildman–Crippen MR) is 86.8 cm³/mol. The minimum absolute atomic E-state index is 0.0688. The molecular weight excluding hydrogens is 365 g/mol. The number of halogens is 2. The van der Waals surface area contributed by atoms with Gasteiger partial charge in [-0.3, -0.25) is 4.79 Å². The SMILES string of the molecule is N#Cc1nc2cnc(NC3CCC(=O)CC3)c(Br)c2n1CCF. The van der Waals surface area contributed by atoms with Crippen molar-refractivity contribution in [3.8, 4) is 6.07 Å². The number of nitrogens with zero attached hydrogens (tertiary/aromatic N) is 4. The molecule has 0 atom stereocenters. The Kier molecular flexibility index (Phi) is 4.57. The van der Waals surface area contributed by atoms with E-state index in [1.807, 2.05) is 6.07 Å². The lowest BCUT2D eigenvalue weighted by atomic mass is 9.94. The largest absolute Gasteiger partial charge is 0.366 e. The van der Waals surface area contributed by atoms with Gasteiger partial charge in [0.15, 0.2) is 0 Å². The second-order valence-corrected chi connectivity index (χ2v) is 6.29. The molecule has 1 saturated carbocycles. The van der Waals surface area contributed by atoms with E-state index in [0.717, 1.165) is 12.8 Å². The van der Waals surface area contributed by atoms with Gasteiger partial charge in [-0.05, 0) is 28.8 Å². The third-order valence-electron chi connectivity index (χ3n) is 4.02. The average Bonchev–Trinajstić information content (AvgIpc) is 2.91. The molecule has 120 valence electrons. The van der Waals surface area contributed by atoms with E-state index >= 15 is 0 Å². The minimum Gasteiger partial charge on any atom is -0.366 e. The maximum atomic E-state index is 12.8. The van der Waals surface area contributed by atoms with Crippen LogP contribution < -0.4 is 5.32 Å². The van der Waals surface area contributed by atoms with E-state index in [1.54, 1.807) is 10.8 Å². The van der Waals surface area contributed by atoms with Gasteiger partial charge in [-0.15, -0.1) is 0 Å². The molecule has 1 fully saturated rings. The van der Waals surface area contributed by atoms with Crippen molar-refractivity contribution in [1.29, 1.82) is 5.26 Å². The third kappa shape index (κ3) is 3.06. The summed E-state index contributed by atoms with van der Waals surface area (Å²) in [6, 6.07) is 2.16. The summed E-state index contributed by atoms with van der Waals surface area (Å²) in [6.07, 6.45) is 4.29. The molecule has 0 amide bonds. The number of nitriles is 1. The molecule has 1 aliphatic carbocycles. The lowest BCUT2D eigenvalue weighted by Crippen LogP contribution is -2.26. The van der Waals surface area contributed by atoms with E-state index in [-0.39, 0.29) is 18.4 Å². The van der Waals surface area contributed by atoms with Crippen LogP contribution in [0.5, 0.6) is 0 Å². The van der Waals surface area contributed by atoms with Crippen molar-refractivity contribution in [3.05, 3.63) is 16.5 Å².